The Labute approximate surface area is 103 Å². The van der Waals surface area contributed by atoms with Gasteiger partial charge in [0.1, 0.15) is 4.83 Å². The Kier molecular flexibility index (Phi) is 3.11. The quantitative estimate of drug-likeness (QED) is 0.839. The number of aromatic nitrogens is 2. The molecule has 0 bridgehead atoms. The van der Waals surface area contributed by atoms with Crippen molar-refractivity contribution in [2.24, 2.45) is 0 Å². The topological polar surface area (TPSA) is 52.0 Å². The van der Waals surface area contributed by atoms with Gasteiger partial charge in [-0.15, -0.1) is 11.3 Å². The van der Waals surface area contributed by atoms with Gasteiger partial charge in [0, 0.05) is 4.88 Å². The zero-order valence-electron chi connectivity index (χ0n) is 10.1. The van der Waals surface area contributed by atoms with E-state index in [9.17, 15) is 9.59 Å². The lowest BCUT2D eigenvalue weighted by Crippen LogP contribution is -2.26. The van der Waals surface area contributed by atoms with Crippen molar-refractivity contribution in [2.45, 2.75) is 33.2 Å². The molecule has 0 radical (unpaired) electrons. The highest BCUT2D eigenvalue weighted by atomic mass is 32.1. The lowest BCUT2D eigenvalue weighted by atomic mass is 10.2. The lowest BCUT2D eigenvalue weighted by molar-refractivity contribution is -0.119. The summed E-state index contributed by atoms with van der Waals surface area (Å²) in [6.07, 6.45) is 2.36. The molecule has 0 aliphatic heterocycles. The number of nitrogens with zero attached hydrogens (tertiary/aromatic N) is 2. The highest BCUT2D eigenvalue weighted by molar-refractivity contribution is 7.18. The first-order valence-corrected chi connectivity index (χ1v) is 6.36. The van der Waals surface area contributed by atoms with Gasteiger partial charge in [-0.3, -0.25) is 14.2 Å². The fourth-order valence-electron chi connectivity index (χ4n) is 1.63. The minimum atomic E-state index is -0.454. The van der Waals surface area contributed by atoms with Crippen LogP contribution in [0.4, 0.5) is 0 Å². The third-order valence-corrected chi connectivity index (χ3v) is 4.07. The van der Waals surface area contributed by atoms with Crippen LogP contribution in [-0.2, 0) is 11.2 Å². The number of aryl methyl sites for hydroxylation is 1. The van der Waals surface area contributed by atoms with E-state index in [1.54, 1.807) is 6.92 Å². The fourth-order valence-corrected chi connectivity index (χ4v) is 2.56. The van der Waals surface area contributed by atoms with Gasteiger partial charge in [0.15, 0.2) is 5.78 Å². The van der Waals surface area contributed by atoms with Crippen molar-refractivity contribution in [2.75, 3.05) is 0 Å². The van der Waals surface area contributed by atoms with E-state index in [0.29, 0.717) is 5.39 Å². The van der Waals surface area contributed by atoms with Gasteiger partial charge < -0.3 is 0 Å². The Balaban J connectivity index is 2.65. The van der Waals surface area contributed by atoms with Crippen LogP contribution in [-0.4, -0.2) is 15.3 Å². The molecular weight excluding hydrogens is 236 g/mol. The summed E-state index contributed by atoms with van der Waals surface area (Å²) in [7, 11) is 0. The van der Waals surface area contributed by atoms with Crippen LogP contribution in [0.25, 0.3) is 10.2 Å². The Bertz CT molecular complexity index is 627. The van der Waals surface area contributed by atoms with Crippen LogP contribution in [0, 0.1) is 0 Å². The molecule has 0 fully saturated rings. The van der Waals surface area contributed by atoms with Gasteiger partial charge in [0.05, 0.1) is 17.8 Å². The van der Waals surface area contributed by atoms with Crippen molar-refractivity contribution < 1.29 is 4.79 Å². The van der Waals surface area contributed by atoms with E-state index in [1.165, 1.54) is 29.2 Å². The molecule has 4 nitrogen and oxygen atoms in total. The molecule has 0 aliphatic rings. The maximum atomic E-state index is 12.2. The number of rotatable bonds is 3. The maximum absolute atomic E-state index is 12.2. The molecule has 0 aliphatic carbocycles. The lowest BCUT2D eigenvalue weighted by Gasteiger charge is -2.10. The Hall–Kier alpha value is -1.49. The Morgan fingerprint density at radius 2 is 2.29 bits per heavy atom. The first-order valence-electron chi connectivity index (χ1n) is 5.54. The van der Waals surface area contributed by atoms with Crippen molar-refractivity contribution in [3.63, 3.8) is 0 Å². The van der Waals surface area contributed by atoms with Gasteiger partial charge in [-0.05, 0) is 26.3 Å². The van der Waals surface area contributed by atoms with E-state index in [2.05, 4.69) is 4.98 Å². The number of carbonyl (C=O) groups is 1. The molecule has 1 atom stereocenters. The summed E-state index contributed by atoms with van der Waals surface area (Å²) in [6, 6.07) is 1.42. The molecule has 17 heavy (non-hydrogen) atoms. The summed E-state index contributed by atoms with van der Waals surface area (Å²) in [4.78, 5) is 29.6. The van der Waals surface area contributed by atoms with Crippen molar-refractivity contribution in [3.05, 3.63) is 27.6 Å². The van der Waals surface area contributed by atoms with Crippen molar-refractivity contribution >= 4 is 27.3 Å². The summed E-state index contributed by atoms with van der Waals surface area (Å²) in [5, 5.41) is 0.613. The highest BCUT2D eigenvalue weighted by Gasteiger charge is 2.15. The molecule has 2 rings (SSSR count). The summed E-state index contributed by atoms with van der Waals surface area (Å²) >= 11 is 1.53. The van der Waals surface area contributed by atoms with Crippen molar-refractivity contribution in [1.82, 2.24) is 9.55 Å². The molecule has 0 saturated heterocycles. The van der Waals surface area contributed by atoms with Crippen LogP contribution in [0.15, 0.2) is 17.2 Å². The summed E-state index contributed by atoms with van der Waals surface area (Å²) in [5.74, 6) is -0.0424. The summed E-state index contributed by atoms with van der Waals surface area (Å²) in [6.45, 7) is 5.23. The molecule has 0 amide bonds. The molecule has 0 saturated carbocycles. The van der Waals surface area contributed by atoms with E-state index in [1.807, 2.05) is 13.0 Å². The second-order valence-electron chi connectivity index (χ2n) is 4.03. The average Bonchev–Trinajstić information content (AvgIpc) is 2.72. The number of Topliss-reactive ketones (excluding diaryl/α,β-unsaturated/α-hetero) is 1. The first kappa shape index (κ1) is 12.0. The van der Waals surface area contributed by atoms with Gasteiger partial charge in [-0.2, -0.15) is 0 Å². The molecule has 2 aromatic rings. The number of hydrogen-bond donors (Lipinski definition) is 0. The van der Waals surface area contributed by atoms with Crippen molar-refractivity contribution in [3.8, 4) is 0 Å². The van der Waals surface area contributed by atoms with Crippen LogP contribution < -0.4 is 5.56 Å². The molecule has 0 unspecified atom stereocenters. The highest BCUT2D eigenvalue weighted by Crippen LogP contribution is 2.21. The standard InChI is InChI=1S/C12H14N2O2S/c1-4-9-5-10-11(17-9)13-6-14(12(10)16)7(2)8(3)15/h5-7H,4H2,1-3H3/t7-/m0/s1. The number of carbonyl (C=O) groups excluding carboxylic acids is 1. The summed E-state index contributed by atoms with van der Waals surface area (Å²) < 4.78 is 1.40. The van der Waals surface area contributed by atoms with Crippen LogP contribution >= 0.6 is 11.3 Å². The molecule has 2 heterocycles. The van der Waals surface area contributed by atoms with E-state index < -0.39 is 6.04 Å². The minimum absolute atomic E-state index is 0.0424. The first-order chi connectivity index (χ1) is 8.04. The molecule has 5 heteroatoms. The largest absolute Gasteiger partial charge is 0.298 e. The molecule has 0 spiro atoms. The minimum Gasteiger partial charge on any atom is -0.298 e. The second-order valence-corrected chi connectivity index (χ2v) is 5.14. The van der Waals surface area contributed by atoms with Gasteiger partial charge in [0.25, 0.3) is 5.56 Å². The number of hydrogen-bond acceptors (Lipinski definition) is 4. The monoisotopic (exact) mass is 250 g/mol. The molecule has 0 N–H and O–H groups in total. The third kappa shape index (κ3) is 2.02. The van der Waals surface area contributed by atoms with Gasteiger partial charge >= 0.3 is 0 Å². The summed E-state index contributed by atoms with van der Waals surface area (Å²) in [5.41, 5.74) is -0.131. The van der Waals surface area contributed by atoms with Crippen LogP contribution in [0.5, 0.6) is 0 Å². The zero-order valence-corrected chi connectivity index (χ0v) is 10.9. The number of fused-ring (bicyclic) bond motifs is 1. The smallest absolute Gasteiger partial charge is 0.262 e. The van der Waals surface area contributed by atoms with Crippen LogP contribution in [0.2, 0.25) is 0 Å². The molecule has 2 aromatic heterocycles. The third-order valence-electron chi connectivity index (χ3n) is 2.88. The number of thiophene rings is 1. The Morgan fingerprint density at radius 3 is 2.88 bits per heavy atom. The van der Waals surface area contributed by atoms with Gasteiger partial charge in [0.2, 0.25) is 0 Å². The second kappa shape index (κ2) is 4.41. The molecular formula is C12H14N2O2S. The van der Waals surface area contributed by atoms with E-state index >= 15 is 0 Å². The molecule has 0 aromatic carbocycles. The zero-order chi connectivity index (χ0) is 12.6. The van der Waals surface area contributed by atoms with Crippen molar-refractivity contribution in [1.29, 1.82) is 0 Å². The number of ketones is 1. The predicted molar refractivity (Wildman–Crippen MR) is 68.7 cm³/mol. The van der Waals surface area contributed by atoms with E-state index in [4.69, 9.17) is 0 Å². The van der Waals surface area contributed by atoms with E-state index in [0.717, 1.165) is 16.1 Å². The van der Waals surface area contributed by atoms with Crippen LogP contribution in [0.3, 0.4) is 0 Å². The van der Waals surface area contributed by atoms with Crippen LogP contribution in [0.1, 0.15) is 31.7 Å². The Morgan fingerprint density at radius 1 is 1.59 bits per heavy atom. The SMILES string of the molecule is CCc1cc2c(=O)n([C@@H](C)C(C)=O)cnc2s1. The van der Waals surface area contributed by atoms with Gasteiger partial charge in [-0.1, -0.05) is 6.92 Å². The predicted octanol–water partition coefficient (Wildman–Crippen LogP) is 2.17. The molecule has 90 valence electrons. The fraction of sp³-hybridized carbons (Fsp3) is 0.417. The average molecular weight is 250 g/mol. The van der Waals surface area contributed by atoms with Gasteiger partial charge in [-0.25, -0.2) is 4.98 Å². The van der Waals surface area contributed by atoms with E-state index in [-0.39, 0.29) is 11.3 Å². The maximum Gasteiger partial charge on any atom is 0.262 e. The normalized spacial score (nSPS) is 12.9.